The maximum Gasteiger partial charge on any atom is 0.126 e. The number of rotatable bonds is 12. The zero-order valence-corrected chi connectivity index (χ0v) is 20.3. The molecule has 2 aromatic rings. The lowest BCUT2D eigenvalue weighted by Crippen LogP contribution is -2.26. The zero-order valence-electron chi connectivity index (χ0n) is 17.7. The molecular weight excluding hydrogens is 380 g/mol. The molecule has 0 aromatic carbocycles. The molecule has 27 heavy (non-hydrogen) atoms. The molecule has 0 fully saturated rings. The predicted molar refractivity (Wildman–Crippen MR) is 127 cm³/mol. The Morgan fingerprint density at radius 2 is 1.19 bits per heavy atom. The molecule has 1 aliphatic heterocycles. The Hall–Kier alpha value is -0.383. The van der Waals surface area contributed by atoms with Crippen LogP contribution in [0.2, 0.25) is 0 Å². The van der Waals surface area contributed by atoms with Gasteiger partial charge in [0.05, 0.1) is 0 Å². The van der Waals surface area contributed by atoms with Crippen LogP contribution in [0.5, 0.6) is 0 Å². The molecule has 3 heterocycles. The first kappa shape index (κ1) is 21.3. The number of unbranched alkanes of at least 4 members (excludes halogenated alkanes) is 2. The van der Waals surface area contributed by atoms with Gasteiger partial charge in [0.15, 0.2) is 0 Å². The van der Waals surface area contributed by atoms with Crippen LogP contribution in [0.4, 0.5) is 0 Å². The van der Waals surface area contributed by atoms with Gasteiger partial charge in [0.1, 0.15) is 9.52 Å². The lowest BCUT2D eigenvalue weighted by atomic mass is 9.92. The SMILES string of the molecule is CCCCC(CC)Cc1csc2c1[Si]c1c(CC(CC)CCCC)csc1-2. The van der Waals surface area contributed by atoms with Gasteiger partial charge in [-0.25, -0.2) is 0 Å². The molecule has 3 heteroatoms. The molecule has 0 nitrogen and oxygen atoms in total. The Morgan fingerprint density at radius 3 is 1.56 bits per heavy atom. The van der Waals surface area contributed by atoms with Crippen molar-refractivity contribution in [2.45, 2.75) is 91.9 Å². The molecule has 2 radical (unpaired) electrons. The monoisotopic (exact) mass is 416 g/mol. The van der Waals surface area contributed by atoms with Crippen LogP contribution in [0.25, 0.3) is 9.75 Å². The van der Waals surface area contributed by atoms with E-state index in [1.54, 1.807) is 31.3 Å². The van der Waals surface area contributed by atoms with E-state index in [1.807, 2.05) is 22.7 Å². The highest BCUT2D eigenvalue weighted by molar-refractivity contribution is 7.24. The number of hydrogen-bond acceptors (Lipinski definition) is 2. The molecule has 3 rings (SSSR count). The fourth-order valence-corrected chi connectivity index (χ4v) is 8.93. The van der Waals surface area contributed by atoms with Crippen LogP contribution in [0, 0.1) is 11.8 Å². The molecule has 0 N–H and O–H groups in total. The minimum atomic E-state index is 0.880. The minimum absolute atomic E-state index is 0.880. The van der Waals surface area contributed by atoms with Crippen molar-refractivity contribution in [2.75, 3.05) is 0 Å². The van der Waals surface area contributed by atoms with Crippen molar-refractivity contribution < 1.29 is 0 Å². The molecule has 0 saturated carbocycles. The van der Waals surface area contributed by atoms with Gasteiger partial charge in [0.25, 0.3) is 0 Å². The van der Waals surface area contributed by atoms with Gasteiger partial charge in [-0.05, 0) is 56.9 Å². The van der Waals surface area contributed by atoms with Crippen molar-refractivity contribution in [3.05, 3.63) is 21.9 Å². The maximum absolute atomic E-state index is 2.49. The van der Waals surface area contributed by atoms with Gasteiger partial charge < -0.3 is 0 Å². The third-order valence-electron chi connectivity index (χ3n) is 6.29. The Labute approximate surface area is 177 Å². The summed E-state index contributed by atoms with van der Waals surface area (Å²) in [5, 5.41) is 8.43. The quantitative estimate of drug-likeness (QED) is 0.280. The zero-order chi connectivity index (χ0) is 19.2. The second kappa shape index (κ2) is 10.4. The molecule has 2 unspecified atom stereocenters. The Morgan fingerprint density at radius 1 is 0.741 bits per heavy atom. The van der Waals surface area contributed by atoms with E-state index in [1.165, 1.54) is 64.2 Å². The van der Waals surface area contributed by atoms with Crippen LogP contribution in [-0.2, 0) is 12.8 Å². The van der Waals surface area contributed by atoms with Crippen LogP contribution in [0.15, 0.2) is 10.8 Å². The van der Waals surface area contributed by atoms with Gasteiger partial charge in [-0.2, -0.15) is 0 Å². The molecule has 148 valence electrons. The summed E-state index contributed by atoms with van der Waals surface area (Å²) in [6.45, 7) is 9.40. The lowest BCUT2D eigenvalue weighted by molar-refractivity contribution is 0.450. The first-order valence-electron chi connectivity index (χ1n) is 11.2. The number of thiophene rings is 2. The molecule has 2 atom stereocenters. The fraction of sp³-hybridized carbons (Fsp3) is 0.667. The molecular formula is C24H36S2Si. The Kier molecular flexibility index (Phi) is 8.22. The van der Waals surface area contributed by atoms with Crippen LogP contribution < -0.4 is 10.4 Å². The summed E-state index contributed by atoms with van der Waals surface area (Å²) in [7, 11) is 0.925. The third kappa shape index (κ3) is 4.97. The van der Waals surface area contributed by atoms with Gasteiger partial charge in [-0.15, -0.1) is 22.7 Å². The van der Waals surface area contributed by atoms with Crippen LogP contribution in [0.1, 0.15) is 90.2 Å². The van der Waals surface area contributed by atoms with E-state index < -0.39 is 0 Å². The van der Waals surface area contributed by atoms with Gasteiger partial charge in [-0.1, -0.05) is 79.1 Å². The van der Waals surface area contributed by atoms with E-state index in [4.69, 9.17) is 0 Å². The molecule has 1 aliphatic rings. The van der Waals surface area contributed by atoms with Gasteiger partial charge in [0, 0.05) is 9.75 Å². The van der Waals surface area contributed by atoms with E-state index in [0.717, 1.165) is 21.4 Å². The molecule has 0 spiro atoms. The summed E-state index contributed by atoms with van der Waals surface area (Å²) in [6.07, 6.45) is 13.5. The molecule has 0 aliphatic carbocycles. The van der Waals surface area contributed by atoms with E-state index in [-0.39, 0.29) is 0 Å². The van der Waals surface area contributed by atoms with E-state index in [0.29, 0.717) is 0 Å². The van der Waals surface area contributed by atoms with Gasteiger partial charge in [0.2, 0.25) is 0 Å². The standard InChI is InChI=1S/C24H36S2Si/c1-5-9-11-17(7-3)13-19-15-25-21-22-24(27-23(19)21)20(16-26-22)14-18(8-4)12-10-6-2/h15-18H,5-14H2,1-4H3. The average molecular weight is 417 g/mol. The molecule has 2 aromatic heterocycles. The Bertz CT molecular complexity index is 652. The van der Waals surface area contributed by atoms with E-state index >= 15 is 0 Å². The fourth-order valence-electron chi connectivity index (χ4n) is 4.33. The largest absolute Gasteiger partial charge is 0.143 e. The topological polar surface area (TPSA) is 0 Å². The first-order chi connectivity index (χ1) is 13.2. The Balaban J connectivity index is 1.71. The van der Waals surface area contributed by atoms with Crippen molar-refractivity contribution in [3.63, 3.8) is 0 Å². The first-order valence-corrected chi connectivity index (χ1v) is 14.0. The van der Waals surface area contributed by atoms with Gasteiger partial charge >= 0.3 is 0 Å². The highest BCUT2D eigenvalue weighted by Gasteiger charge is 2.29. The normalized spacial score (nSPS) is 15.0. The third-order valence-corrected chi connectivity index (χ3v) is 10.5. The summed E-state index contributed by atoms with van der Waals surface area (Å²) in [6, 6.07) is 0. The summed E-state index contributed by atoms with van der Waals surface area (Å²) >= 11 is 4.05. The van der Waals surface area contributed by atoms with Crippen LogP contribution in [-0.4, -0.2) is 9.52 Å². The van der Waals surface area contributed by atoms with Gasteiger partial charge in [-0.3, -0.25) is 0 Å². The second-order valence-corrected chi connectivity index (χ2v) is 11.3. The summed E-state index contributed by atoms with van der Waals surface area (Å²) in [4.78, 5) is 3.25. The van der Waals surface area contributed by atoms with Crippen LogP contribution >= 0.6 is 22.7 Å². The maximum atomic E-state index is 2.49. The van der Waals surface area contributed by atoms with Crippen molar-refractivity contribution in [2.24, 2.45) is 11.8 Å². The number of fused-ring (bicyclic) bond motifs is 3. The molecule has 0 bridgehead atoms. The van der Waals surface area contributed by atoms with Crippen molar-refractivity contribution in [1.82, 2.24) is 0 Å². The lowest BCUT2D eigenvalue weighted by Gasteiger charge is -2.15. The van der Waals surface area contributed by atoms with Crippen molar-refractivity contribution in [3.8, 4) is 9.75 Å². The predicted octanol–water partition coefficient (Wildman–Crippen LogP) is 6.96. The van der Waals surface area contributed by atoms with E-state index in [9.17, 15) is 0 Å². The molecule has 0 saturated heterocycles. The average Bonchev–Trinajstić information content (AvgIpc) is 3.35. The summed E-state index contributed by atoms with van der Waals surface area (Å²) < 4.78 is 0. The summed E-state index contributed by atoms with van der Waals surface area (Å²) in [5.74, 6) is 1.76. The highest BCUT2D eigenvalue weighted by atomic mass is 32.1. The van der Waals surface area contributed by atoms with Crippen molar-refractivity contribution in [1.29, 1.82) is 0 Å². The molecule has 0 amide bonds. The van der Waals surface area contributed by atoms with E-state index in [2.05, 4.69) is 38.5 Å². The highest BCUT2D eigenvalue weighted by Crippen LogP contribution is 2.35. The second-order valence-electron chi connectivity index (χ2n) is 8.30. The minimum Gasteiger partial charge on any atom is -0.143 e. The number of hydrogen-bond donors (Lipinski definition) is 0. The van der Waals surface area contributed by atoms with Crippen molar-refractivity contribution >= 4 is 42.6 Å². The van der Waals surface area contributed by atoms with Crippen LogP contribution in [0.3, 0.4) is 0 Å². The summed E-state index contributed by atoms with van der Waals surface area (Å²) in [5.41, 5.74) is 3.37. The smallest absolute Gasteiger partial charge is 0.126 e.